The highest BCUT2D eigenvalue weighted by atomic mass is 32.2. The van der Waals surface area contributed by atoms with Crippen LogP contribution in [-0.4, -0.2) is 11.0 Å². The normalized spacial score (nSPS) is 10.9. The van der Waals surface area contributed by atoms with Crippen LogP contribution in [0.25, 0.3) is 0 Å². The Morgan fingerprint density at radius 1 is 1.16 bits per heavy atom. The molecule has 0 aliphatic heterocycles. The van der Waals surface area contributed by atoms with Crippen LogP contribution in [0.5, 0.6) is 0 Å². The van der Waals surface area contributed by atoms with Crippen molar-refractivity contribution in [1.82, 2.24) is 10.3 Å². The summed E-state index contributed by atoms with van der Waals surface area (Å²) < 4.78 is 0. The highest BCUT2D eigenvalue weighted by Gasteiger charge is 2.07. The van der Waals surface area contributed by atoms with Crippen LogP contribution in [0.3, 0.4) is 0 Å². The first-order chi connectivity index (χ1) is 9.16. The maximum atomic E-state index is 4.52. The molecule has 1 aromatic heterocycles. The van der Waals surface area contributed by atoms with Crippen LogP contribution in [0.15, 0.2) is 52.5 Å². The van der Waals surface area contributed by atoms with Crippen molar-refractivity contribution in [2.24, 2.45) is 0 Å². The van der Waals surface area contributed by atoms with Crippen molar-refractivity contribution in [2.45, 2.75) is 43.3 Å². The van der Waals surface area contributed by atoms with E-state index in [1.54, 1.807) is 11.8 Å². The van der Waals surface area contributed by atoms with E-state index >= 15 is 0 Å². The fourth-order valence-corrected chi connectivity index (χ4v) is 2.71. The van der Waals surface area contributed by atoms with Gasteiger partial charge in [0.25, 0.3) is 0 Å². The molecular weight excluding hydrogens is 252 g/mol. The Balaban J connectivity index is 2.18. The molecule has 1 heterocycles. The smallest absolute Gasteiger partial charge is 0.105 e. The molecule has 2 rings (SSSR count). The van der Waals surface area contributed by atoms with Gasteiger partial charge in [0.05, 0.1) is 0 Å². The Labute approximate surface area is 119 Å². The fraction of sp³-hybridized carbons (Fsp3) is 0.312. The van der Waals surface area contributed by atoms with Gasteiger partial charge in [0.2, 0.25) is 0 Å². The quantitative estimate of drug-likeness (QED) is 0.889. The Morgan fingerprint density at radius 2 is 1.95 bits per heavy atom. The third-order valence-corrected chi connectivity index (χ3v) is 4.09. The maximum Gasteiger partial charge on any atom is 0.105 e. The fourth-order valence-electron chi connectivity index (χ4n) is 1.74. The van der Waals surface area contributed by atoms with Crippen molar-refractivity contribution in [1.29, 1.82) is 0 Å². The molecule has 0 aliphatic rings. The van der Waals surface area contributed by atoms with Gasteiger partial charge in [0.1, 0.15) is 5.03 Å². The Morgan fingerprint density at radius 3 is 2.68 bits per heavy atom. The van der Waals surface area contributed by atoms with Gasteiger partial charge in [0, 0.05) is 23.7 Å². The molecule has 2 nitrogen and oxygen atoms in total. The summed E-state index contributed by atoms with van der Waals surface area (Å²) in [6.45, 7) is 7.31. The molecule has 2 aromatic rings. The number of aromatic nitrogens is 1. The maximum absolute atomic E-state index is 4.52. The first-order valence-electron chi connectivity index (χ1n) is 6.57. The highest BCUT2D eigenvalue weighted by molar-refractivity contribution is 7.99. The molecule has 0 radical (unpaired) electrons. The third-order valence-electron chi connectivity index (χ3n) is 2.85. The van der Waals surface area contributed by atoms with Crippen molar-refractivity contribution >= 4 is 11.8 Å². The van der Waals surface area contributed by atoms with Gasteiger partial charge in [-0.3, -0.25) is 0 Å². The van der Waals surface area contributed by atoms with Gasteiger partial charge in [-0.2, -0.15) is 0 Å². The van der Waals surface area contributed by atoms with E-state index in [2.05, 4.69) is 61.4 Å². The molecule has 0 spiro atoms. The molecule has 0 saturated heterocycles. The Bertz CT molecular complexity index is 538. The van der Waals surface area contributed by atoms with Crippen LogP contribution in [0.2, 0.25) is 0 Å². The number of pyridine rings is 1. The highest BCUT2D eigenvalue weighted by Crippen LogP contribution is 2.30. The van der Waals surface area contributed by atoms with Crippen molar-refractivity contribution in [2.75, 3.05) is 0 Å². The third kappa shape index (κ3) is 4.08. The molecular formula is C16H20N2S. The van der Waals surface area contributed by atoms with E-state index in [0.717, 1.165) is 11.6 Å². The minimum Gasteiger partial charge on any atom is -0.310 e. The van der Waals surface area contributed by atoms with E-state index in [1.807, 2.05) is 12.3 Å². The lowest BCUT2D eigenvalue weighted by Gasteiger charge is -2.12. The van der Waals surface area contributed by atoms with Gasteiger partial charge in [-0.25, -0.2) is 4.98 Å². The molecule has 0 bridgehead atoms. The number of benzene rings is 1. The minimum absolute atomic E-state index is 0.483. The van der Waals surface area contributed by atoms with Crippen molar-refractivity contribution in [3.8, 4) is 0 Å². The molecule has 0 amide bonds. The summed E-state index contributed by atoms with van der Waals surface area (Å²) >= 11 is 1.74. The predicted molar refractivity (Wildman–Crippen MR) is 81.5 cm³/mol. The lowest BCUT2D eigenvalue weighted by molar-refractivity contribution is 0.582. The van der Waals surface area contributed by atoms with E-state index < -0.39 is 0 Å². The molecule has 0 fully saturated rings. The second-order valence-electron chi connectivity index (χ2n) is 4.87. The largest absolute Gasteiger partial charge is 0.310 e. The van der Waals surface area contributed by atoms with E-state index in [1.165, 1.54) is 16.0 Å². The first kappa shape index (κ1) is 14.1. The van der Waals surface area contributed by atoms with Crippen molar-refractivity contribution in [3.63, 3.8) is 0 Å². The van der Waals surface area contributed by atoms with E-state index in [0.29, 0.717) is 6.04 Å². The number of nitrogens with one attached hydrogen (secondary N) is 1. The van der Waals surface area contributed by atoms with Crippen LogP contribution < -0.4 is 5.32 Å². The van der Waals surface area contributed by atoms with Crippen molar-refractivity contribution in [3.05, 3.63) is 53.7 Å². The lowest BCUT2D eigenvalue weighted by Crippen LogP contribution is -2.22. The average molecular weight is 272 g/mol. The molecule has 3 heteroatoms. The molecule has 100 valence electrons. The topological polar surface area (TPSA) is 24.9 Å². The minimum atomic E-state index is 0.483. The summed E-state index contributed by atoms with van der Waals surface area (Å²) in [5, 5.41) is 4.54. The number of nitrogens with zero attached hydrogens (tertiary/aromatic N) is 1. The summed E-state index contributed by atoms with van der Waals surface area (Å²) in [4.78, 5) is 5.79. The van der Waals surface area contributed by atoms with Gasteiger partial charge >= 0.3 is 0 Å². The molecule has 19 heavy (non-hydrogen) atoms. The SMILES string of the molecule is Cc1ccccc1Sc1ncccc1CNC(C)C. The Hall–Kier alpha value is -1.32. The summed E-state index contributed by atoms with van der Waals surface area (Å²) in [6, 6.07) is 13.0. The molecule has 1 aromatic carbocycles. The first-order valence-corrected chi connectivity index (χ1v) is 7.39. The second-order valence-corrected chi connectivity index (χ2v) is 5.90. The Kier molecular flexibility index (Phi) is 5.00. The van der Waals surface area contributed by atoms with Crippen LogP contribution in [0.4, 0.5) is 0 Å². The van der Waals surface area contributed by atoms with Crippen LogP contribution in [-0.2, 0) is 6.54 Å². The van der Waals surface area contributed by atoms with Gasteiger partial charge in [-0.05, 0) is 30.2 Å². The van der Waals surface area contributed by atoms with Crippen molar-refractivity contribution < 1.29 is 0 Å². The summed E-state index contributed by atoms with van der Waals surface area (Å²) in [5.74, 6) is 0. The molecule has 0 saturated carbocycles. The molecule has 0 atom stereocenters. The number of rotatable bonds is 5. The van der Waals surface area contributed by atoms with Crippen LogP contribution in [0.1, 0.15) is 25.0 Å². The van der Waals surface area contributed by atoms with Gasteiger partial charge < -0.3 is 5.32 Å². The monoisotopic (exact) mass is 272 g/mol. The summed E-state index contributed by atoms with van der Waals surface area (Å²) in [6.07, 6.45) is 1.86. The van der Waals surface area contributed by atoms with E-state index in [9.17, 15) is 0 Å². The number of aryl methyl sites for hydroxylation is 1. The predicted octanol–water partition coefficient (Wildman–Crippen LogP) is 4.04. The zero-order valence-electron chi connectivity index (χ0n) is 11.7. The zero-order valence-corrected chi connectivity index (χ0v) is 12.5. The zero-order chi connectivity index (χ0) is 13.7. The van der Waals surface area contributed by atoms with E-state index in [4.69, 9.17) is 0 Å². The number of hydrogen-bond acceptors (Lipinski definition) is 3. The summed E-state index contributed by atoms with van der Waals surface area (Å²) in [7, 11) is 0. The lowest BCUT2D eigenvalue weighted by atomic mass is 10.2. The molecule has 1 N–H and O–H groups in total. The van der Waals surface area contributed by atoms with Crippen LogP contribution in [0, 0.1) is 6.92 Å². The summed E-state index contributed by atoms with van der Waals surface area (Å²) in [5.41, 5.74) is 2.55. The molecule has 0 aliphatic carbocycles. The average Bonchev–Trinajstić information content (AvgIpc) is 2.40. The molecule has 0 unspecified atom stereocenters. The van der Waals surface area contributed by atoms with Crippen LogP contribution >= 0.6 is 11.8 Å². The standard InChI is InChI=1S/C16H20N2S/c1-12(2)18-11-14-8-6-10-17-16(14)19-15-9-5-4-7-13(15)3/h4-10,12,18H,11H2,1-3H3. The van der Waals surface area contributed by atoms with Gasteiger partial charge in [-0.1, -0.05) is 49.9 Å². The van der Waals surface area contributed by atoms with Gasteiger partial charge in [-0.15, -0.1) is 0 Å². The van der Waals surface area contributed by atoms with Gasteiger partial charge in [0.15, 0.2) is 0 Å². The number of hydrogen-bond donors (Lipinski definition) is 1. The van der Waals surface area contributed by atoms with E-state index in [-0.39, 0.29) is 0 Å². The second kappa shape index (κ2) is 6.73.